The highest BCUT2D eigenvalue weighted by Gasteiger charge is 2.10. The van der Waals surface area contributed by atoms with Crippen LogP contribution in [-0.4, -0.2) is 41.9 Å². The molecular formula is C14H17N5O. The second-order valence-corrected chi connectivity index (χ2v) is 4.79. The van der Waals surface area contributed by atoms with Crippen LogP contribution in [0.2, 0.25) is 0 Å². The summed E-state index contributed by atoms with van der Waals surface area (Å²) in [7, 11) is 0. The van der Waals surface area contributed by atoms with E-state index in [9.17, 15) is 4.79 Å². The normalized spacial score (nSPS) is 15.3. The van der Waals surface area contributed by atoms with Crippen LogP contribution in [0.25, 0.3) is 5.69 Å². The van der Waals surface area contributed by atoms with Crippen LogP contribution >= 0.6 is 0 Å². The number of amides is 1. The Hall–Kier alpha value is -2.34. The molecule has 0 spiro atoms. The first-order valence-corrected chi connectivity index (χ1v) is 6.64. The number of nitrogens with two attached hydrogens (primary N) is 1. The van der Waals surface area contributed by atoms with E-state index in [0.717, 1.165) is 31.9 Å². The number of primary amides is 1. The summed E-state index contributed by atoms with van der Waals surface area (Å²) in [5.74, 6) is -0.464. The average Bonchev–Trinajstić information content (AvgIpc) is 2.98. The van der Waals surface area contributed by atoms with Crippen molar-refractivity contribution in [1.29, 1.82) is 0 Å². The van der Waals surface area contributed by atoms with Gasteiger partial charge in [0.2, 0.25) is 0 Å². The van der Waals surface area contributed by atoms with Gasteiger partial charge in [-0.05, 0) is 24.3 Å². The standard InChI is InChI=1S/C14H17N5O/c15-14(20)11-9-17-19(10-11)13-3-1-12(2-4-13)18-7-5-16-6-8-18/h1-4,9-10,16H,5-8H2,(H2,15,20). The second kappa shape index (κ2) is 5.34. The van der Waals surface area contributed by atoms with Gasteiger partial charge in [-0.25, -0.2) is 4.68 Å². The molecule has 0 unspecified atom stereocenters. The Kier molecular flexibility index (Phi) is 3.39. The van der Waals surface area contributed by atoms with E-state index in [2.05, 4.69) is 27.4 Å². The van der Waals surface area contributed by atoms with Crippen LogP contribution in [0.5, 0.6) is 0 Å². The molecule has 2 heterocycles. The third-order valence-electron chi connectivity index (χ3n) is 3.46. The molecular weight excluding hydrogens is 254 g/mol. The lowest BCUT2D eigenvalue weighted by molar-refractivity contribution is 0.100. The summed E-state index contributed by atoms with van der Waals surface area (Å²) < 4.78 is 1.65. The number of carbonyl (C=O) groups excluding carboxylic acids is 1. The van der Waals surface area contributed by atoms with E-state index in [1.165, 1.54) is 11.9 Å². The number of benzene rings is 1. The van der Waals surface area contributed by atoms with Gasteiger partial charge in [0.05, 0.1) is 17.4 Å². The number of carbonyl (C=O) groups is 1. The molecule has 3 rings (SSSR count). The smallest absolute Gasteiger partial charge is 0.251 e. The topological polar surface area (TPSA) is 76.2 Å². The molecule has 1 fully saturated rings. The second-order valence-electron chi connectivity index (χ2n) is 4.79. The van der Waals surface area contributed by atoms with Gasteiger partial charge < -0.3 is 16.0 Å². The zero-order chi connectivity index (χ0) is 13.9. The van der Waals surface area contributed by atoms with E-state index >= 15 is 0 Å². The van der Waals surface area contributed by atoms with Crippen LogP contribution in [0.1, 0.15) is 10.4 Å². The van der Waals surface area contributed by atoms with Gasteiger partial charge in [-0.2, -0.15) is 5.10 Å². The van der Waals surface area contributed by atoms with Crippen LogP contribution in [-0.2, 0) is 0 Å². The van der Waals surface area contributed by atoms with E-state index in [1.807, 2.05) is 12.1 Å². The third-order valence-corrected chi connectivity index (χ3v) is 3.46. The maximum atomic E-state index is 11.1. The van der Waals surface area contributed by atoms with Crippen LogP contribution in [0.3, 0.4) is 0 Å². The number of rotatable bonds is 3. The van der Waals surface area contributed by atoms with Crippen LogP contribution in [0.15, 0.2) is 36.7 Å². The highest BCUT2D eigenvalue weighted by atomic mass is 16.1. The maximum absolute atomic E-state index is 11.1. The van der Waals surface area contributed by atoms with E-state index in [0.29, 0.717) is 5.56 Å². The predicted octanol–water partition coefficient (Wildman–Crippen LogP) is 0.381. The first-order valence-electron chi connectivity index (χ1n) is 6.64. The summed E-state index contributed by atoms with van der Waals surface area (Å²) in [5, 5.41) is 7.48. The summed E-state index contributed by atoms with van der Waals surface area (Å²) in [6.45, 7) is 4.08. The molecule has 1 aliphatic rings. The molecule has 1 aromatic carbocycles. The number of nitrogens with zero attached hydrogens (tertiary/aromatic N) is 3. The Balaban J connectivity index is 1.79. The number of nitrogens with one attached hydrogen (secondary N) is 1. The summed E-state index contributed by atoms with van der Waals surface area (Å²) >= 11 is 0. The van der Waals surface area contributed by atoms with E-state index in [-0.39, 0.29) is 0 Å². The van der Waals surface area contributed by atoms with E-state index < -0.39 is 5.91 Å². The number of hydrogen-bond acceptors (Lipinski definition) is 4. The molecule has 20 heavy (non-hydrogen) atoms. The van der Waals surface area contributed by atoms with Gasteiger partial charge >= 0.3 is 0 Å². The molecule has 0 atom stereocenters. The lowest BCUT2D eigenvalue weighted by Crippen LogP contribution is -2.43. The van der Waals surface area contributed by atoms with Crippen molar-refractivity contribution in [1.82, 2.24) is 15.1 Å². The molecule has 0 bridgehead atoms. The van der Waals surface area contributed by atoms with Crippen molar-refractivity contribution in [2.75, 3.05) is 31.1 Å². The van der Waals surface area contributed by atoms with Crippen molar-refractivity contribution in [2.24, 2.45) is 5.73 Å². The van der Waals surface area contributed by atoms with Gasteiger partial charge in [-0.1, -0.05) is 0 Å². The van der Waals surface area contributed by atoms with Gasteiger partial charge in [0.15, 0.2) is 0 Å². The van der Waals surface area contributed by atoms with E-state index in [4.69, 9.17) is 5.73 Å². The molecule has 1 aliphatic heterocycles. The Bertz CT molecular complexity index is 598. The minimum absolute atomic E-state index is 0.413. The quantitative estimate of drug-likeness (QED) is 0.846. The lowest BCUT2D eigenvalue weighted by Gasteiger charge is -2.29. The fourth-order valence-electron chi connectivity index (χ4n) is 2.33. The van der Waals surface area contributed by atoms with Crippen molar-refractivity contribution >= 4 is 11.6 Å². The van der Waals surface area contributed by atoms with E-state index in [1.54, 1.807) is 10.9 Å². The predicted molar refractivity (Wildman–Crippen MR) is 77.2 cm³/mol. The number of piperazine rings is 1. The molecule has 6 nitrogen and oxygen atoms in total. The van der Waals surface area contributed by atoms with Crippen molar-refractivity contribution < 1.29 is 4.79 Å². The third kappa shape index (κ3) is 2.50. The fourth-order valence-corrected chi connectivity index (χ4v) is 2.33. The van der Waals surface area contributed by atoms with Crippen LogP contribution in [0, 0.1) is 0 Å². The molecule has 1 saturated heterocycles. The lowest BCUT2D eigenvalue weighted by atomic mass is 10.2. The van der Waals surface area contributed by atoms with Crippen LogP contribution < -0.4 is 16.0 Å². The Morgan fingerprint density at radius 3 is 2.40 bits per heavy atom. The molecule has 104 valence electrons. The Labute approximate surface area is 117 Å². The fraction of sp³-hybridized carbons (Fsp3) is 0.286. The van der Waals surface area contributed by atoms with Crippen LogP contribution in [0.4, 0.5) is 5.69 Å². The molecule has 0 saturated carbocycles. The first kappa shape index (κ1) is 12.7. The van der Waals surface area contributed by atoms with Gasteiger partial charge in [0.1, 0.15) is 0 Å². The zero-order valence-corrected chi connectivity index (χ0v) is 11.1. The number of anilines is 1. The van der Waals surface area contributed by atoms with Gasteiger partial charge in [-0.3, -0.25) is 4.79 Å². The highest BCUT2D eigenvalue weighted by Crippen LogP contribution is 2.17. The first-order chi connectivity index (χ1) is 9.74. The molecule has 0 aliphatic carbocycles. The Morgan fingerprint density at radius 2 is 1.80 bits per heavy atom. The monoisotopic (exact) mass is 271 g/mol. The average molecular weight is 271 g/mol. The minimum atomic E-state index is -0.464. The molecule has 3 N–H and O–H groups in total. The molecule has 1 aromatic heterocycles. The highest BCUT2D eigenvalue weighted by molar-refractivity contribution is 5.92. The van der Waals surface area contributed by atoms with Crippen molar-refractivity contribution in [3.63, 3.8) is 0 Å². The maximum Gasteiger partial charge on any atom is 0.251 e. The summed E-state index contributed by atoms with van der Waals surface area (Å²) in [6.07, 6.45) is 3.12. The molecule has 0 radical (unpaired) electrons. The minimum Gasteiger partial charge on any atom is -0.369 e. The molecule has 2 aromatic rings. The van der Waals surface area contributed by atoms with Gasteiger partial charge in [0, 0.05) is 38.1 Å². The number of aromatic nitrogens is 2. The van der Waals surface area contributed by atoms with Gasteiger partial charge in [0.25, 0.3) is 5.91 Å². The summed E-state index contributed by atoms with van der Waals surface area (Å²) in [6, 6.07) is 8.14. The van der Waals surface area contributed by atoms with Crippen molar-refractivity contribution in [3.05, 3.63) is 42.2 Å². The Morgan fingerprint density at radius 1 is 1.15 bits per heavy atom. The zero-order valence-electron chi connectivity index (χ0n) is 11.1. The molecule has 6 heteroatoms. The summed E-state index contributed by atoms with van der Waals surface area (Å²) in [4.78, 5) is 13.4. The summed E-state index contributed by atoms with van der Waals surface area (Å²) in [5.41, 5.74) is 7.75. The van der Waals surface area contributed by atoms with Crippen molar-refractivity contribution in [3.8, 4) is 5.69 Å². The van der Waals surface area contributed by atoms with Gasteiger partial charge in [-0.15, -0.1) is 0 Å². The largest absolute Gasteiger partial charge is 0.369 e. The number of hydrogen-bond donors (Lipinski definition) is 2. The molecule has 1 amide bonds. The SMILES string of the molecule is NC(=O)c1cnn(-c2ccc(N3CCNCC3)cc2)c1. The van der Waals surface area contributed by atoms with Crippen molar-refractivity contribution in [2.45, 2.75) is 0 Å².